The number of carbonyl (C=O) groups excluding carboxylic acids is 1. The maximum Gasteiger partial charge on any atom is 0.274 e. The number of aryl methyl sites for hydroxylation is 1. The number of carbonyl (C=O) groups is 1. The predicted octanol–water partition coefficient (Wildman–Crippen LogP) is 4.37. The minimum atomic E-state index is -0.280. The van der Waals surface area contributed by atoms with Gasteiger partial charge < -0.3 is 15.5 Å². The first-order valence-corrected chi connectivity index (χ1v) is 9.21. The van der Waals surface area contributed by atoms with E-state index in [0.717, 1.165) is 11.3 Å². The largest absolute Gasteiger partial charge is 0.378 e. The topological polar surface area (TPSA) is 70.2 Å². The number of nitrogens with zero attached hydrogens (tertiary/aromatic N) is 3. The van der Waals surface area contributed by atoms with Gasteiger partial charge in [0.2, 0.25) is 5.95 Å². The van der Waals surface area contributed by atoms with Crippen molar-refractivity contribution in [1.82, 2.24) is 9.97 Å². The van der Waals surface area contributed by atoms with Crippen LogP contribution in [0.4, 0.5) is 17.3 Å². The SMILES string of the molecule is Cc1cc(C(=O)Nc2ccc(N(C)C)cc2)nc(NCc2ccc(Cl)cc2)n1. The fourth-order valence-electron chi connectivity index (χ4n) is 2.59. The highest BCUT2D eigenvalue weighted by molar-refractivity contribution is 6.30. The maximum absolute atomic E-state index is 12.6. The molecule has 3 aromatic rings. The summed E-state index contributed by atoms with van der Waals surface area (Å²) in [5.41, 5.74) is 3.83. The van der Waals surface area contributed by atoms with E-state index in [1.807, 2.05) is 74.4 Å². The van der Waals surface area contributed by atoms with Crippen LogP contribution in [0.2, 0.25) is 5.02 Å². The van der Waals surface area contributed by atoms with Crippen molar-refractivity contribution < 1.29 is 4.79 Å². The molecule has 0 fully saturated rings. The van der Waals surface area contributed by atoms with E-state index in [2.05, 4.69) is 20.6 Å². The number of amides is 1. The van der Waals surface area contributed by atoms with Crippen LogP contribution in [0.5, 0.6) is 0 Å². The number of halogens is 1. The fraction of sp³-hybridized carbons (Fsp3) is 0.190. The second kappa shape index (κ2) is 8.71. The van der Waals surface area contributed by atoms with Crippen molar-refractivity contribution in [3.63, 3.8) is 0 Å². The van der Waals surface area contributed by atoms with Gasteiger partial charge in [-0.1, -0.05) is 23.7 Å². The Labute approximate surface area is 169 Å². The highest BCUT2D eigenvalue weighted by Gasteiger charge is 2.11. The van der Waals surface area contributed by atoms with Gasteiger partial charge in [-0.3, -0.25) is 4.79 Å². The smallest absolute Gasteiger partial charge is 0.274 e. The van der Waals surface area contributed by atoms with E-state index in [4.69, 9.17) is 11.6 Å². The molecule has 0 aliphatic carbocycles. The van der Waals surface area contributed by atoms with E-state index in [-0.39, 0.29) is 5.91 Å². The third-order valence-corrected chi connectivity index (χ3v) is 4.34. The van der Waals surface area contributed by atoms with Crippen molar-refractivity contribution in [3.8, 4) is 0 Å². The fourth-order valence-corrected chi connectivity index (χ4v) is 2.71. The summed E-state index contributed by atoms with van der Waals surface area (Å²) >= 11 is 5.90. The van der Waals surface area contributed by atoms with Gasteiger partial charge in [0.05, 0.1) is 0 Å². The molecule has 0 radical (unpaired) electrons. The number of hydrogen-bond acceptors (Lipinski definition) is 5. The van der Waals surface area contributed by atoms with Crippen molar-refractivity contribution in [2.45, 2.75) is 13.5 Å². The zero-order chi connectivity index (χ0) is 20.1. The summed E-state index contributed by atoms with van der Waals surface area (Å²) < 4.78 is 0. The van der Waals surface area contributed by atoms with Crippen LogP contribution >= 0.6 is 11.6 Å². The van der Waals surface area contributed by atoms with Gasteiger partial charge in [0, 0.05) is 42.7 Å². The molecule has 0 saturated carbocycles. The summed E-state index contributed by atoms with van der Waals surface area (Å²) in [5.74, 6) is 0.126. The number of hydrogen-bond donors (Lipinski definition) is 2. The Morgan fingerprint density at radius 2 is 1.71 bits per heavy atom. The summed E-state index contributed by atoms with van der Waals surface area (Å²) in [5, 5.41) is 6.71. The summed E-state index contributed by atoms with van der Waals surface area (Å²) in [6.45, 7) is 2.37. The van der Waals surface area contributed by atoms with Gasteiger partial charge in [-0.05, 0) is 55.0 Å². The molecule has 0 aliphatic rings. The van der Waals surface area contributed by atoms with E-state index < -0.39 is 0 Å². The lowest BCUT2D eigenvalue weighted by molar-refractivity contribution is 0.102. The first kappa shape index (κ1) is 19.6. The van der Waals surface area contributed by atoms with E-state index in [1.165, 1.54) is 0 Å². The molecule has 7 heteroatoms. The first-order valence-electron chi connectivity index (χ1n) is 8.83. The molecule has 6 nitrogen and oxygen atoms in total. The van der Waals surface area contributed by atoms with Crippen molar-refractivity contribution >= 4 is 34.8 Å². The molecule has 2 N–H and O–H groups in total. The highest BCUT2D eigenvalue weighted by Crippen LogP contribution is 2.17. The van der Waals surface area contributed by atoms with Gasteiger partial charge in [0.15, 0.2) is 0 Å². The molecule has 3 rings (SSSR count). The van der Waals surface area contributed by atoms with Gasteiger partial charge in [-0.15, -0.1) is 0 Å². The van der Waals surface area contributed by atoms with E-state index in [1.54, 1.807) is 6.07 Å². The van der Waals surface area contributed by atoms with Crippen molar-refractivity contribution in [1.29, 1.82) is 0 Å². The summed E-state index contributed by atoms with van der Waals surface area (Å²) in [4.78, 5) is 23.3. The zero-order valence-corrected chi connectivity index (χ0v) is 16.8. The van der Waals surface area contributed by atoms with Gasteiger partial charge in [0.1, 0.15) is 5.69 Å². The minimum absolute atomic E-state index is 0.280. The molecule has 0 atom stereocenters. The van der Waals surface area contributed by atoms with Gasteiger partial charge in [-0.25, -0.2) is 9.97 Å². The zero-order valence-electron chi connectivity index (χ0n) is 16.0. The van der Waals surface area contributed by atoms with Gasteiger partial charge in [-0.2, -0.15) is 0 Å². The Bertz CT molecular complexity index is 956. The van der Waals surface area contributed by atoms with Crippen LogP contribution in [0, 0.1) is 6.92 Å². The molecule has 1 aromatic heterocycles. The Morgan fingerprint density at radius 3 is 2.36 bits per heavy atom. The van der Waals surface area contributed by atoms with Gasteiger partial charge >= 0.3 is 0 Å². The number of aromatic nitrogens is 2. The lowest BCUT2D eigenvalue weighted by Crippen LogP contribution is -2.16. The van der Waals surface area contributed by atoms with Crippen molar-refractivity contribution in [2.75, 3.05) is 29.6 Å². The molecule has 144 valence electrons. The second-order valence-electron chi connectivity index (χ2n) is 6.59. The van der Waals surface area contributed by atoms with Crippen LogP contribution in [0.1, 0.15) is 21.7 Å². The van der Waals surface area contributed by atoms with E-state index in [9.17, 15) is 4.79 Å². The van der Waals surface area contributed by atoms with Crippen LogP contribution < -0.4 is 15.5 Å². The molecule has 0 aliphatic heterocycles. The standard InChI is InChI=1S/C21H22ClN5O/c1-14-12-19(20(28)25-17-8-10-18(11-9-17)27(2)3)26-21(24-14)23-13-15-4-6-16(22)7-5-15/h4-12H,13H2,1-3H3,(H,25,28)(H,23,24,26). The molecule has 28 heavy (non-hydrogen) atoms. The van der Waals surface area contributed by atoms with Gasteiger partial charge in [0.25, 0.3) is 5.91 Å². The minimum Gasteiger partial charge on any atom is -0.378 e. The first-order chi connectivity index (χ1) is 13.4. The average Bonchev–Trinajstić information content (AvgIpc) is 2.67. The molecule has 2 aromatic carbocycles. The molecule has 0 unspecified atom stereocenters. The van der Waals surface area contributed by atoms with Crippen molar-refractivity contribution in [2.24, 2.45) is 0 Å². The Balaban J connectivity index is 1.69. The Hall–Kier alpha value is -3.12. The lowest BCUT2D eigenvalue weighted by atomic mass is 10.2. The predicted molar refractivity (Wildman–Crippen MR) is 114 cm³/mol. The number of benzene rings is 2. The van der Waals surface area contributed by atoms with Crippen LogP contribution in [0.15, 0.2) is 54.6 Å². The third kappa shape index (κ3) is 5.20. The number of rotatable bonds is 6. The average molecular weight is 396 g/mol. The highest BCUT2D eigenvalue weighted by atomic mass is 35.5. The van der Waals surface area contributed by atoms with Crippen LogP contribution in [-0.2, 0) is 6.54 Å². The van der Waals surface area contributed by atoms with E-state index >= 15 is 0 Å². The summed E-state index contributed by atoms with van der Waals surface area (Å²) in [6, 6.07) is 16.8. The van der Waals surface area contributed by atoms with Crippen LogP contribution in [0.25, 0.3) is 0 Å². The Kier molecular flexibility index (Phi) is 6.11. The molecule has 0 saturated heterocycles. The number of anilines is 3. The van der Waals surface area contributed by atoms with E-state index in [0.29, 0.717) is 34.6 Å². The molecule has 1 amide bonds. The van der Waals surface area contributed by atoms with Crippen LogP contribution in [-0.4, -0.2) is 30.0 Å². The lowest BCUT2D eigenvalue weighted by Gasteiger charge is -2.13. The maximum atomic E-state index is 12.6. The normalized spacial score (nSPS) is 10.4. The molecular formula is C21H22ClN5O. The molecule has 0 spiro atoms. The van der Waals surface area contributed by atoms with Crippen LogP contribution in [0.3, 0.4) is 0 Å². The quantitative estimate of drug-likeness (QED) is 0.648. The molecular weight excluding hydrogens is 374 g/mol. The summed E-state index contributed by atoms with van der Waals surface area (Å²) in [7, 11) is 3.94. The second-order valence-corrected chi connectivity index (χ2v) is 7.03. The Morgan fingerprint density at radius 1 is 1.04 bits per heavy atom. The number of nitrogens with one attached hydrogen (secondary N) is 2. The monoisotopic (exact) mass is 395 g/mol. The molecule has 1 heterocycles. The van der Waals surface area contributed by atoms with Crippen molar-refractivity contribution in [3.05, 3.63) is 76.6 Å². The molecule has 0 bridgehead atoms. The third-order valence-electron chi connectivity index (χ3n) is 4.09. The summed E-state index contributed by atoms with van der Waals surface area (Å²) in [6.07, 6.45) is 0.